The number of benzene rings is 1. The van der Waals surface area contributed by atoms with Crippen molar-refractivity contribution in [2.45, 2.75) is 19.5 Å². The Morgan fingerprint density at radius 3 is 2.91 bits per heavy atom. The van der Waals surface area contributed by atoms with Gasteiger partial charge in [0.1, 0.15) is 5.82 Å². The number of halogens is 3. The minimum atomic E-state index is -2.93. The van der Waals surface area contributed by atoms with Crippen LogP contribution in [0.25, 0.3) is 0 Å². The average molecular weight is 323 g/mol. The fourth-order valence-corrected chi connectivity index (χ4v) is 2.21. The van der Waals surface area contributed by atoms with E-state index in [4.69, 9.17) is 4.74 Å². The summed E-state index contributed by atoms with van der Waals surface area (Å²) in [6.45, 7) is 0.960. The van der Waals surface area contributed by atoms with Gasteiger partial charge in [0.15, 0.2) is 0 Å². The van der Waals surface area contributed by atoms with Gasteiger partial charge in [-0.2, -0.15) is 0 Å². The Bertz CT molecular complexity index is 753. The molecule has 1 aromatic heterocycles. The molecule has 0 bridgehead atoms. The molecule has 23 heavy (non-hydrogen) atoms. The van der Waals surface area contributed by atoms with E-state index in [2.05, 4.69) is 15.3 Å². The summed E-state index contributed by atoms with van der Waals surface area (Å²) in [6.07, 6.45) is -0.769. The van der Waals surface area contributed by atoms with Crippen molar-refractivity contribution in [3.8, 4) is 0 Å². The lowest BCUT2D eigenvalue weighted by molar-refractivity contribution is 0.102. The maximum Gasteiger partial charge on any atom is 0.266 e. The molecule has 0 saturated heterocycles. The molecule has 0 saturated carbocycles. The lowest BCUT2D eigenvalue weighted by atomic mass is 10.1. The highest BCUT2D eigenvalue weighted by atomic mass is 19.3. The summed E-state index contributed by atoms with van der Waals surface area (Å²) >= 11 is 0. The number of nitrogens with zero attached hydrogens (tertiary/aromatic N) is 2. The molecule has 2 heterocycles. The number of rotatable bonds is 3. The zero-order valence-corrected chi connectivity index (χ0v) is 11.9. The number of alkyl halides is 2. The Balaban J connectivity index is 1.78. The molecule has 120 valence electrons. The van der Waals surface area contributed by atoms with Gasteiger partial charge in [-0.05, 0) is 18.2 Å². The second kappa shape index (κ2) is 6.33. The minimum absolute atomic E-state index is 0.0778. The van der Waals surface area contributed by atoms with E-state index in [9.17, 15) is 18.0 Å². The Morgan fingerprint density at radius 1 is 1.35 bits per heavy atom. The first-order valence-electron chi connectivity index (χ1n) is 6.86. The monoisotopic (exact) mass is 323 g/mol. The molecule has 1 aliphatic rings. The second-order valence-electron chi connectivity index (χ2n) is 4.96. The number of carbonyl (C=O) groups is 1. The lowest BCUT2D eigenvalue weighted by Crippen LogP contribution is -2.18. The van der Waals surface area contributed by atoms with Crippen molar-refractivity contribution in [3.05, 3.63) is 52.6 Å². The van der Waals surface area contributed by atoms with Crippen LogP contribution in [-0.4, -0.2) is 22.5 Å². The Morgan fingerprint density at radius 2 is 2.17 bits per heavy atom. The molecule has 0 spiro atoms. The van der Waals surface area contributed by atoms with Crippen LogP contribution in [0.4, 0.5) is 19.1 Å². The van der Waals surface area contributed by atoms with Crippen molar-refractivity contribution in [1.82, 2.24) is 9.97 Å². The van der Waals surface area contributed by atoms with Crippen molar-refractivity contribution in [2.24, 2.45) is 0 Å². The van der Waals surface area contributed by atoms with Gasteiger partial charge in [0.2, 0.25) is 5.95 Å². The van der Waals surface area contributed by atoms with Gasteiger partial charge in [-0.3, -0.25) is 10.1 Å². The quantitative estimate of drug-likeness (QED) is 0.943. The van der Waals surface area contributed by atoms with Gasteiger partial charge in [0, 0.05) is 23.7 Å². The number of amides is 1. The van der Waals surface area contributed by atoms with E-state index < -0.39 is 23.7 Å². The number of fused-ring (bicyclic) bond motifs is 1. The molecule has 0 unspecified atom stereocenters. The molecule has 8 heteroatoms. The van der Waals surface area contributed by atoms with Gasteiger partial charge in [-0.25, -0.2) is 23.1 Å². The number of carbonyl (C=O) groups excluding carboxylic acids is 1. The third-order valence-corrected chi connectivity index (χ3v) is 3.42. The van der Waals surface area contributed by atoms with E-state index in [0.717, 1.165) is 29.5 Å². The number of anilines is 1. The van der Waals surface area contributed by atoms with E-state index in [1.807, 2.05) is 0 Å². The van der Waals surface area contributed by atoms with Gasteiger partial charge < -0.3 is 4.74 Å². The summed E-state index contributed by atoms with van der Waals surface area (Å²) < 4.78 is 43.8. The topological polar surface area (TPSA) is 64.1 Å². The molecule has 0 fully saturated rings. The molecular formula is C15H12F3N3O2. The van der Waals surface area contributed by atoms with Crippen LogP contribution >= 0.6 is 0 Å². The Kier molecular flexibility index (Phi) is 4.24. The van der Waals surface area contributed by atoms with Gasteiger partial charge in [-0.1, -0.05) is 0 Å². The fourth-order valence-electron chi connectivity index (χ4n) is 2.21. The first-order valence-corrected chi connectivity index (χ1v) is 6.86. The van der Waals surface area contributed by atoms with Crippen molar-refractivity contribution >= 4 is 11.9 Å². The molecule has 0 atom stereocenters. The van der Waals surface area contributed by atoms with E-state index in [-0.39, 0.29) is 11.5 Å². The number of ether oxygens (including phenoxy) is 1. The highest BCUT2D eigenvalue weighted by molar-refractivity contribution is 6.03. The largest absolute Gasteiger partial charge is 0.376 e. The third kappa shape index (κ3) is 3.31. The number of hydrogen-bond donors (Lipinski definition) is 1. The first kappa shape index (κ1) is 15.4. The summed E-state index contributed by atoms with van der Waals surface area (Å²) in [7, 11) is 0. The molecule has 1 aliphatic heterocycles. The summed E-state index contributed by atoms with van der Waals surface area (Å²) in [5, 5.41) is 2.43. The lowest BCUT2D eigenvalue weighted by Gasteiger charge is -2.15. The summed E-state index contributed by atoms with van der Waals surface area (Å²) in [6, 6.07) is 2.79. The molecule has 1 amide bonds. The molecule has 2 aromatic rings. The minimum Gasteiger partial charge on any atom is -0.376 e. The first-order chi connectivity index (χ1) is 11.0. The predicted molar refractivity (Wildman–Crippen MR) is 74.7 cm³/mol. The van der Waals surface area contributed by atoms with Gasteiger partial charge in [0.25, 0.3) is 12.3 Å². The van der Waals surface area contributed by atoms with Crippen LogP contribution in [0.5, 0.6) is 0 Å². The summed E-state index contributed by atoms with van der Waals surface area (Å²) in [5.74, 6) is -1.72. The van der Waals surface area contributed by atoms with Crippen LogP contribution in [0.3, 0.4) is 0 Å². The van der Waals surface area contributed by atoms with Gasteiger partial charge >= 0.3 is 0 Å². The smallest absolute Gasteiger partial charge is 0.266 e. The normalized spacial score (nSPS) is 13.7. The van der Waals surface area contributed by atoms with E-state index in [1.165, 1.54) is 0 Å². The Labute approximate surface area is 129 Å². The van der Waals surface area contributed by atoms with E-state index in [1.54, 1.807) is 6.20 Å². The standard InChI is InChI=1S/C15H12F3N3O2/c16-11-5-8(1-2-10(11)13(17)18)14(22)21-15-19-6-9-7-23-4-3-12(9)20-15/h1-2,5-6,13H,3-4,7H2,(H,19,20,21,22). The van der Waals surface area contributed by atoms with Crippen molar-refractivity contribution < 1.29 is 22.7 Å². The zero-order valence-electron chi connectivity index (χ0n) is 11.9. The Hall–Kier alpha value is -2.48. The van der Waals surface area contributed by atoms with Crippen LogP contribution in [0.1, 0.15) is 33.6 Å². The van der Waals surface area contributed by atoms with E-state index in [0.29, 0.717) is 19.6 Å². The average Bonchev–Trinajstić information content (AvgIpc) is 2.54. The molecule has 3 rings (SSSR count). The third-order valence-electron chi connectivity index (χ3n) is 3.42. The molecule has 0 radical (unpaired) electrons. The highest BCUT2D eigenvalue weighted by Crippen LogP contribution is 2.23. The SMILES string of the molecule is O=C(Nc1ncc2c(n1)CCOC2)c1ccc(C(F)F)c(F)c1. The maximum atomic E-state index is 13.5. The summed E-state index contributed by atoms with van der Waals surface area (Å²) in [4.78, 5) is 20.2. The molecule has 0 aliphatic carbocycles. The predicted octanol–water partition coefficient (Wildman–Crippen LogP) is 2.88. The van der Waals surface area contributed by atoms with Crippen LogP contribution < -0.4 is 5.32 Å². The van der Waals surface area contributed by atoms with Crippen LogP contribution in [0, 0.1) is 5.82 Å². The van der Waals surface area contributed by atoms with Crippen molar-refractivity contribution in [1.29, 1.82) is 0 Å². The molecule has 1 aromatic carbocycles. The number of aromatic nitrogens is 2. The van der Waals surface area contributed by atoms with Crippen LogP contribution in [-0.2, 0) is 17.8 Å². The van der Waals surface area contributed by atoms with Crippen molar-refractivity contribution in [2.75, 3.05) is 11.9 Å². The molecule has 1 N–H and O–H groups in total. The molecular weight excluding hydrogens is 311 g/mol. The zero-order chi connectivity index (χ0) is 16.4. The van der Waals surface area contributed by atoms with Crippen molar-refractivity contribution in [3.63, 3.8) is 0 Å². The van der Waals surface area contributed by atoms with Gasteiger partial charge in [0.05, 0.1) is 24.5 Å². The number of nitrogens with one attached hydrogen (secondary N) is 1. The molecule has 5 nitrogen and oxygen atoms in total. The van der Waals surface area contributed by atoms with Crippen LogP contribution in [0.2, 0.25) is 0 Å². The highest BCUT2D eigenvalue weighted by Gasteiger charge is 2.17. The second-order valence-corrected chi connectivity index (χ2v) is 4.96. The van der Waals surface area contributed by atoms with E-state index >= 15 is 0 Å². The van der Waals surface area contributed by atoms with Crippen LogP contribution in [0.15, 0.2) is 24.4 Å². The van der Waals surface area contributed by atoms with Gasteiger partial charge in [-0.15, -0.1) is 0 Å². The maximum absolute atomic E-state index is 13.5. The number of hydrogen-bond acceptors (Lipinski definition) is 4. The summed E-state index contributed by atoms with van der Waals surface area (Å²) in [5.41, 5.74) is 0.797. The fraction of sp³-hybridized carbons (Fsp3) is 0.267.